The summed E-state index contributed by atoms with van der Waals surface area (Å²) in [5.74, 6) is -1.12. The van der Waals surface area contributed by atoms with E-state index in [2.05, 4.69) is 10.3 Å². The molecule has 19 heavy (non-hydrogen) atoms. The number of nitrogens with one attached hydrogen (secondary N) is 1. The van der Waals surface area contributed by atoms with E-state index < -0.39 is 11.7 Å². The zero-order valence-electron chi connectivity index (χ0n) is 10.2. The lowest BCUT2D eigenvalue weighted by Crippen LogP contribution is -2.26. The molecule has 0 unspecified atom stereocenters. The SMILES string of the molecule is Cc1csc(CCNC(=O)c2c(F)cccc2Cl)n1. The van der Waals surface area contributed by atoms with Gasteiger partial charge in [-0.3, -0.25) is 4.79 Å². The molecule has 3 nitrogen and oxygen atoms in total. The second-order valence-electron chi connectivity index (χ2n) is 3.99. The molecular formula is C13H12ClFN2OS. The van der Waals surface area contributed by atoms with E-state index in [0.717, 1.165) is 10.7 Å². The van der Waals surface area contributed by atoms with Crippen LogP contribution in [0.5, 0.6) is 0 Å². The molecule has 0 radical (unpaired) electrons. The van der Waals surface area contributed by atoms with Crippen molar-refractivity contribution in [1.82, 2.24) is 10.3 Å². The minimum Gasteiger partial charge on any atom is -0.351 e. The Labute approximate surface area is 119 Å². The number of benzene rings is 1. The molecule has 2 rings (SSSR count). The summed E-state index contributed by atoms with van der Waals surface area (Å²) >= 11 is 7.35. The molecule has 0 atom stereocenters. The quantitative estimate of drug-likeness (QED) is 0.942. The van der Waals surface area contributed by atoms with Crippen molar-refractivity contribution < 1.29 is 9.18 Å². The van der Waals surface area contributed by atoms with E-state index in [4.69, 9.17) is 11.6 Å². The van der Waals surface area contributed by atoms with Crippen LogP contribution in [0.4, 0.5) is 4.39 Å². The molecule has 2 aromatic rings. The van der Waals surface area contributed by atoms with Crippen molar-refractivity contribution in [3.05, 3.63) is 50.7 Å². The molecule has 0 saturated heterocycles. The Balaban J connectivity index is 1.94. The maximum Gasteiger partial charge on any atom is 0.255 e. The molecule has 1 aromatic heterocycles. The molecule has 1 heterocycles. The molecule has 0 aliphatic heterocycles. The number of hydrogen-bond acceptors (Lipinski definition) is 3. The highest BCUT2D eigenvalue weighted by molar-refractivity contribution is 7.09. The van der Waals surface area contributed by atoms with Crippen LogP contribution in [0.3, 0.4) is 0 Å². The largest absolute Gasteiger partial charge is 0.351 e. The van der Waals surface area contributed by atoms with Gasteiger partial charge in [0.1, 0.15) is 5.82 Å². The third-order valence-corrected chi connectivity index (χ3v) is 3.82. The van der Waals surface area contributed by atoms with Crippen molar-refractivity contribution in [2.75, 3.05) is 6.54 Å². The van der Waals surface area contributed by atoms with Crippen LogP contribution in [-0.2, 0) is 6.42 Å². The highest BCUT2D eigenvalue weighted by Gasteiger charge is 2.15. The topological polar surface area (TPSA) is 42.0 Å². The summed E-state index contributed by atoms with van der Waals surface area (Å²) in [4.78, 5) is 16.1. The van der Waals surface area contributed by atoms with E-state index in [1.165, 1.54) is 18.2 Å². The van der Waals surface area contributed by atoms with Gasteiger partial charge in [0.2, 0.25) is 0 Å². The van der Waals surface area contributed by atoms with Crippen LogP contribution in [-0.4, -0.2) is 17.4 Å². The van der Waals surface area contributed by atoms with E-state index in [1.807, 2.05) is 12.3 Å². The molecule has 1 N–H and O–H groups in total. The normalized spacial score (nSPS) is 10.5. The molecule has 1 aromatic carbocycles. The van der Waals surface area contributed by atoms with Gasteiger partial charge in [-0.2, -0.15) is 0 Å². The second-order valence-corrected chi connectivity index (χ2v) is 5.34. The van der Waals surface area contributed by atoms with Crippen LogP contribution in [0.25, 0.3) is 0 Å². The zero-order valence-corrected chi connectivity index (χ0v) is 11.8. The molecule has 100 valence electrons. The molecule has 0 fully saturated rings. The highest BCUT2D eigenvalue weighted by atomic mass is 35.5. The van der Waals surface area contributed by atoms with Gasteiger partial charge in [-0.15, -0.1) is 11.3 Å². The van der Waals surface area contributed by atoms with Crippen LogP contribution in [0.1, 0.15) is 21.1 Å². The van der Waals surface area contributed by atoms with Gasteiger partial charge in [0.15, 0.2) is 0 Å². The summed E-state index contributed by atoms with van der Waals surface area (Å²) in [6, 6.07) is 4.17. The van der Waals surface area contributed by atoms with Gasteiger partial charge in [-0.05, 0) is 19.1 Å². The smallest absolute Gasteiger partial charge is 0.255 e. The number of nitrogens with zero attached hydrogens (tertiary/aromatic N) is 1. The lowest BCUT2D eigenvalue weighted by molar-refractivity contribution is 0.0950. The highest BCUT2D eigenvalue weighted by Crippen LogP contribution is 2.18. The number of carbonyl (C=O) groups is 1. The first-order valence-electron chi connectivity index (χ1n) is 5.71. The van der Waals surface area contributed by atoms with Gasteiger partial charge in [0.05, 0.1) is 15.6 Å². The fraction of sp³-hybridized carbons (Fsp3) is 0.231. The Morgan fingerprint density at radius 1 is 1.53 bits per heavy atom. The van der Waals surface area contributed by atoms with Crippen molar-refractivity contribution in [3.63, 3.8) is 0 Å². The predicted octanol–water partition coefficient (Wildman–Crippen LogP) is 3.22. The number of carbonyl (C=O) groups excluding carboxylic acids is 1. The lowest BCUT2D eigenvalue weighted by atomic mass is 10.2. The molecule has 0 aliphatic carbocycles. The van der Waals surface area contributed by atoms with E-state index in [0.29, 0.717) is 13.0 Å². The average Bonchev–Trinajstić information content (AvgIpc) is 2.75. The molecule has 0 spiro atoms. The maximum absolute atomic E-state index is 13.5. The maximum atomic E-state index is 13.5. The van der Waals surface area contributed by atoms with E-state index in [9.17, 15) is 9.18 Å². The predicted molar refractivity (Wildman–Crippen MR) is 74.3 cm³/mol. The monoisotopic (exact) mass is 298 g/mol. The Hall–Kier alpha value is -1.46. The molecule has 0 saturated carbocycles. The van der Waals surface area contributed by atoms with Gasteiger partial charge < -0.3 is 5.32 Å². The molecule has 6 heteroatoms. The van der Waals surface area contributed by atoms with Crippen molar-refractivity contribution >= 4 is 28.8 Å². The Morgan fingerprint density at radius 2 is 2.32 bits per heavy atom. The van der Waals surface area contributed by atoms with Gasteiger partial charge in [-0.25, -0.2) is 9.37 Å². The number of aryl methyl sites for hydroxylation is 1. The second kappa shape index (κ2) is 6.12. The molecule has 1 amide bonds. The summed E-state index contributed by atoms with van der Waals surface area (Å²) in [5, 5.41) is 5.65. The first kappa shape index (κ1) is 14.0. The van der Waals surface area contributed by atoms with E-state index in [-0.39, 0.29) is 10.6 Å². The minimum absolute atomic E-state index is 0.112. The lowest BCUT2D eigenvalue weighted by Gasteiger charge is -2.06. The third-order valence-electron chi connectivity index (χ3n) is 2.48. The third kappa shape index (κ3) is 3.52. The number of thiazole rings is 1. The summed E-state index contributed by atoms with van der Waals surface area (Å²) in [5.41, 5.74) is 0.850. The summed E-state index contributed by atoms with van der Waals surface area (Å²) in [7, 11) is 0. The number of hydrogen-bond donors (Lipinski definition) is 1. The van der Waals surface area contributed by atoms with Gasteiger partial charge in [-0.1, -0.05) is 17.7 Å². The van der Waals surface area contributed by atoms with Gasteiger partial charge >= 0.3 is 0 Å². The zero-order chi connectivity index (χ0) is 13.8. The van der Waals surface area contributed by atoms with Crippen LogP contribution < -0.4 is 5.32 Å². The number of amides is 1. The molecule has 0 aliphatic rings. The molecular weight excluding hydrogens is 287 g/mol. The van der Waals surface area contributed by atoms with Gasteiger partial charge in [0.25, 0.3) is 5.91 Å². The Bertz CT molecular complexity index is 580. The summed E-state index contributed by atoms with van der Waals surface area (Å²) in [6.45, 7) is 2.31. The van der Waals surface area contributed by atoms with Crippen LogP contribution in [0, 0.1) is 12.7 Å². The number of rotatable bonds is 4. The Morgan fingerprint density at radius 3 is 2.95 bits per heavy atom. The fourth-order valence-electron chi connectivity index (χ4n) is 1.60. The minimum atomic E-state index is -0.616. The number of halogens is 2. The van der Waals surface area contributed by atoms with Crippen LogP contribution in [0.2, 0.25) is 5.02 Å². The van der Waals surface area contributed by atoms with E-state index in [1.54, 1.807) is 11.3 Å². The van der Waals surface area contributed by atoms with Gasteiger partial charge in [0, 0.05) is 24.0 Å². The van der Waals surface area contributed by atoms with Crippen molar-refractivity contribution in [1.29, 1.82) is 0 Å². The van der Waals surface area contributed by atoms with Crippen LogP contribution in [0.15, 0.2) is 23.6 Å². The summed E-state index contributed by atoms with van der Waals surface area (Å²) < 4.78 is 13.5. The van der Waals surface area contributed by atoms with Crippen molar-refractivity contribution in [3.8, 4) is 0 Å². The number of aromatic nitrogens is 1. The van der Waals surface area contributed by atoms with Crippen LogP contribution >= 0.6 is 22.9 Å². The van der Waals surface area contributed by atoms with Crippen molar-refractivity contribution in [2.45, 2.75) is 13.3 Å². The standard InChI is InChI=1S/C13H12ClFN2OS/c1-8-7-19-11(17-8)5-6-16-13(18)12-9(14)3-2-4-10(12)15/h2-4,7H,5-6H2,1H3,(H,16,18). The molecule has 0 bridgehead atoms. The van der Waals surface area contributed by atoms with Crippen molar-refractivity contribution in [2.24, 2.45) is 0 Å². The first-order chi connectivity index (χ1) is 9.08. The fourth-order valence-corrected chi connectivity index (χ4v) is 2.63. The first-order valence-corrected chi connectivity index (χ1v) is 6.97. The summed E-state index contributed by atoms with van der Waals surface area (Å²) in [6.07, 6.45) is 0.621. The average molecular weight is 299 g/mol. The Kier molecular flexibility index (Phi) is 4.50. The van der Waals surface area contributed by atoms with E-state index >= 15 is 0 Å².